The molecule has 0 heterocycles. The molecular formula is C11H15NO2S. The zero-order valence-electron chi connectivity index (χ0n) is 8.76. The molecule has 1 rings (SSSR count). The number of likely N-dealkylation sites (N-methyl/N-ethyl adjacent to an activating group) is 1. The number of hydrogen-bond acceptors (Lipinski definition) is 2. The molecule has 0 saturated carbocycles. The third kappa shape index (κ3) is 2.67. The fraction of sp³-hybridized carbons (Fsp3) is 0.273. The average molecular weight is 225 g/mol. The SMILES string of the molecule is C=CCN(CC)S(=O)(=O)c1ccccc1. The molecule has 0 spiro atoms. The molecule has 82 valence electrons. The molecule has 0 aliphatic rings. The summed E-state index contributed by atoms with van der Waals surface area (Å²) in [7, 11) is -3.35. The van der Waals surface area contributed by atoms with Gasteiger partial charge in [0.1, 0.15) is 0 Å². The van der Waals surface area contributed by atoms with E-state index in [2.05, 4.69) is 6.58 Å². The third-order valence-electron chi connectivity index (χ3n) is 2.07. The van der Waals surface area contributed by atoms with E-state index >= 15 is 0 Å². The van der Waals surface area contributed by atoms with Crippen molar-refractivity contribution in [3.8, 4) is 0 Å². The zero-order chi connectivity index (χ0) is 11.3. The van der Waals surface area contributed by atoms with Crippen molar-refractivity contribution in [1.29, 1.82) is 0 Å². The lowest BCUT2D eigenvalue weighted by atomic mass is 10.4. The molecule has 15 heavy (non-hydrogen) atoms. The second-order valence-corrected chi connectivity index (χ2v) is 5.00. The second-order valence-electron chi connectivity index (χ2n) is 3.06. The fourth-order valence-corrected chi connectivity index (χ4v) is 2.72. The van der Waals surface area contributed by atoms with Crippen LogP contribution < -0.4 is 0 Å². The van der Waals surface area contributed by atoms with Crippen molar-refractivity contribution in [2.24, 2.45) is 0 Å². The van der Waals surface area contributed by atoms with Crippen molar-refractivity contribution in [1.82, 2.24) is 4.31 Å². The molecule has 0 aliphatic heterocycles. The van der Waals surface area contributed by atoms with Gasteiger partial charge in [-0.3, -0.25) is 0 Å². The summed E-state index contributed by atoms with van der Waals surface area (Å²) in [5, 5.41) is 0. The van der Waals surface area contributed by atoms with E-state index in [4.69, 9.17) is 0 Å². The Labute approximate surface area is 91.1 Å². The highest BCUT2D eigenvalue weighted by Gasteiger charge is 2.20. The van der Waals surface area contributed by atoms with Gasteiger partial charge in [0.25, 0.3) is 0 Å². The first kappa shape index (κ1) is 11.9. The van der Waals surface area contributed by atoms with Gasteiger partial charge in [0.05, 0.1) is 4.90 Å². The van der Waals surface area contributed by atoms with Crippen LogP contribution in [-0.4, -0.2) is 25.8 Å². The van der Waals surface area contributed by atoms with Gasteiger partial charge in [-0.25, -0.2) is 8.42 Å². The Balaban J connectivity index is 3.06. The van der Waals surface area contributed by atoms with Crippen molar-refractivity contribution in [2.45, 2.75) is 11.8 Å². The van der Waals surface area contributed by atoms with E-state index in [9.17, 15) is 8.42 Å². The van der Waals surface area contributed by atoms with Crippen molar-refractivity contribution < 1.29 is 8.42 Å². The molecule has 0 bridgehead atoms. The van der Waals surface area contributed by atoms with Crippen LogP contribution in [0, 0.1) is 0 Å². The van der Waals surface area contributed by atoms with Crippen LogP contribution in [0.5, 0.6) is 0 Å². The summed E-state index contributed by atoms with van der Waals surface area (Å²) in [5.41, 5.74) is 0. The first-order valence-electron chi connectivity index (χ1n) is 4.79. The molecule has 0 aromatic heterocycles. The lowest BCUT2D eigenvalue weighted by molar-refractivity contribution is 0.460. The van der Waals surface area contributed by atoms with Crippen molar-refractivity contribution >= 4 is 10.0 Å². The third-order valence-corrected chi connectivity index (χ3v) is 4.02. The summed E-state index contributed by atoms with van der Waals surface area (Å²) in [6, 6.07) is 8.42. The lowest BCUT2D eigenvalue weighted by Gasteiger charge is -2.18. The minimum Gasteiger partial charge on any atom is -0.207 e. The van der Waals surface area contributed by atoms with Gasteiger partial charge in [0.2, 0.25) is 10.0 Å². The van der Waals surface area contributed by atoms with E-state index in [0.717, 1.165) is 0 Å². The largest absolute Gasteiger partial charge is 0.243 e. The van der Waals surface area contributed by atoms with Crippen molar-refractivity contribution in [2.75, 3.05) is 13.1 Å². The maximum absolute atomic E-state index is 12.0. The van der Waals surface area contributed by atoms with Gasteiger partial charge in [0.15, 0.2) is 0 Å². The summed E-state index contributed by atoms with van der Waals surface area (Å²) in [5.74, 6) is 0. The van der Waals surface area contributed by atoms with Crippen molar-refractivity contribution in [3.63, 3.8) is 0 Å². The van der Waals surface area contributed by atoms with E-state index in [1.165, 1.54) is 4.31 Å². The maximum atomic E-state index is 12.0. The molecule has 1 aromatic carbocycles. The minimum atomic E-state index is -3.35. The van der Waals surface area contributed by atoms with Gasteiger partial charge >= 0.3 is 0 Å². The first-order valence-corrected chi connectivity index (χ1v) is 6.23. The van der Waals surface area contributed by atoms with Gasteiger partial charge in [-0.15, -0.1) is 6.58 Å². The van der Waals surface area contributed by atoms with E-state index < -0.39 is 10.0 Å². The van der Waals surface area contributed by atoms with E-state index in [-0.39, 0.29) is 0 Å². The smallest absolute Gasteiger partial charge is 0.207 e. The molecule has 4 heteroatoms. The van der Waals surface area contributed by atoms with Crippen molar-refractivity contribution in [3.05, 3.63) is 43.0 Å². The molecule has 0 unspecified atom stereocenters. The predicted molar refractivity (Wildman–Crippen MR) is 61.1 cm³/mol. The zero-order valence-corrected chi connectivity index (χ0v) is 9.57. The van der Waals surface area contributed by atoms with Crippen LogP contribution in [0.2, 0.25) is 0 Å². The quantitative estimate of drug-likeness (QED) is 0.717. The Hall–Kier alpha value is -1.13. The van der Waals surface area contributed by atoms with Gasteiger partial charge in [-0.05, 0) is 12.1 Å². The molecule has 0 N–H and O–H groups in total. The summed E-state index contributed by atoms with van der Waals surface area (Å²) < 4.78 is 25.4. The monoisotopic (exact) mass is 225 g/mol. The molecule has 0 saturated heterocycles. The fourth-order valence-electron chi connectivity index (χ4n) is 1.28. The Bertz CT molecular complexity index is 411. The van der Waals surface area contributed by atoms with Gasteiger partial charge < -0.3 is 0 Å². The van der Waals surface area contributed by atoms with E-state index in [0.29, 0.717) is 18.0 Å². The van der Waals surface area contributed by atoms with Crippen LogP contribution >= 0.6 is 0 Å². The molecule has 0 aliphatic carbocycles. The Morgan fingerprint density at radius 2 is 1.93 bits per heavy atom. The highest BCUT2D eigenvalue weighted by Crippen LogP contribution is 2.14. The number of benzene rings is 1. The van der Waals surface area contributed by atoms with Gasteiger partial charge in [-0.1, -0.05) is 31.2 Å². The minimum absolute atomic E-state index is 0.328. The molecule has 0 radical (unpaired) electrons. The number of nitrogens with zero attached hydrogens (tertiary/aromatic N) is 1. The number of rotatable bonds is 5. The molecule has 0 amide bonds. The molecule has 1 aromatic rings. The Morgan fingerprint density at radius 3 is 2.40 bits per heavy atom. The van der Waals surface area contributed by atoms with E-state index in [1.54, 1.807) is 36.4 Å². The lowest BCUT2D eigenvalue weighted by Crippen LogP contribution is -2.30. The predicted octanol–water partition coefficient (Wildman–Crippen LogP) is 1.88. The topological polar surface area (TPSA) is 37.4 Å². The summed E-state index contributed by atoms with van der Waals surface area (Å²) in [6.07, 6.45) is 1.59. The van der Waals surface area contributed by atoms with Crippen LogP contribution in [0.15, 0.2) is 47.9 Å². The van der Waals surface area contributed by atoms with Gasteiger partial charge in [-0.2, -0.15) is 4.31 Å². The molecule has 3 nitrogen and oxygen atoms in total. The number of hydrogen-bond donors (Lipinski definition) is 0. The Morgan fingerprint density at radius 1 is 1.33 bits per heavy atom. The van der Waals surface area contributed by atoms with Crippen LogP contribution in [0.3, 0.4) is 0 Å². The maximum Gasteiger partial charge on any atom is 0.243 e. The summed E-state index contributed by atoms with van der Waals surface area (Å²) in [4.78, 5) is 0.328. The van der Waals surface area contributed by atoms with Crippen LogP contribution in [0.1, 0.15) is 6.92 Å². The second kappa shape index (κ2) is 5.09. The molecule has 0 atom stereocenters. The highest BCUT2D eigenvalue weighted by atomic mass is 32.2. The summed E-state index contributed by atoms with van der Waals surface area (Å²) >= 11 is 0. The van der Waals surface area contributed by atoms with Crippen LogP contribution in [0.25, 0.3) is 0 Å². The standard InChI is InChI=1S/C11H15NO2S/c1-3-10-12(4-2)15(13,14)11-8-6-5-7-9-11/h3,5-9H,1,4,10H2,2H3. The Kier molecular flexibility index (Phi) is 4.05. The van der Waals surface area contributed by atoms with Crippen LogP contribution in [-0.2, 0) is 10.0 Å². The van der Waals surface area contributed by atoms with Crippen LogP contribution in [0.4, 0.5) is 0 Å². The number of sulfonamides is 1. The molecular weight excluding hydrogens is 210 g/mol. The first-order chi connectivity index (χ1) is 7.12. The normalized spacial score (nSPS) is 11.6. The van der Waals surface area contributed by atoms with E-state index in [1.807, 2.05) is 6.92 Å². The molecule has 0 fully saturated rings. The highest BCUT2D eigenvalue weighted by molar-refractivity contribution is 7.89. The average Bonchev–Trinajstić information content (AvgIpc) is 2.27. The van der Waals surface area contributed by atoms with Gasteiger partial charge in [0, 0.05) is 13.1 Å². The summed E-state index contributed by atoms with van der Waals surface area (Å²) in [6.45, 7) is 6.15.